The van der Waals surface area contributed by atoms with Gasteiger partial charge in [-0.3, -0.25) is 4.79 Å². The zero-order chi connectivity index (χ0) is 19.9. The van der Waals surface area contributed by atoms with Gasteiger partial charge in [0.05, 0.1) is 5.56 Å². The number of aliphatic hydroxyl groups is 1. The number of alkyl halides is 3. The summed E-state index contributed by atoms with van der Waals surface area (Å²) in [5.74, 6) is 4.32. The van der Waals surface area contributed by atoms with Gasteiger partial charge in [-0.1, -0.05) is 36.3 Å². The van der Waals surface area contributed by atoms with E-state index in [1.807, 2.05) is 0 Å². The smallest absolute Gasteiger partial charge is 0.385 e. The van der Waals surface area contributed by atoms with Crippen LogP contribution in [0.3, 0.4) is 0 Å². The van der Waals surface area contributed by atoms with Crippen LogP contribution < -0.4 is 0 Å². The van der Waals surface area contributed by atoms with E-state index in [0.29, 0.717) is 5.56 Å². The van der Waals surface area contributed by atoms with Crippen molar-refractivity contribution >= 4 is 5.78 Å². The van der Waals surface area contributed by atoms with Crippen molar-refractivity contribution in [2.75, 3.05) is 13.9 Å². The van der Waals surface area contributed by atoms with Crippen molar-refractivity contribution in [2.24, 2.45) is 0 Å². The Hall–Kier alpha value is -2.66. The molecule has 142 valence electrons. The van der Waals surface area contributed by atoms with E-state index in [2.05, 4.69) is 11.8 Å². The van der Waals surface area contributed by atoms with E-state index in [0.717, 1.165) is 24.3 Å². The predicted molar refractivity (Wildman–Crippen MR) is 91.5 cm³/mol. The fourth-order valence-electron chi connectivity index (χ4n) is 2.22. The van der Waals surface area contributed by atoms with E-state index in [4.69, 9.17) is 9.47 Å². The number of hydrogen-bond donors (Lipinski definition) is 1. The molecule has 2 aromatic carbocycles. The second-order valence-electron chi connectivity index (χ2n) is 5.54. The Kier molecular flexibility index (Phi) is 7.13. The normalized spacial score (nSPS) is 13.4. The highest BCUT2D eigenvalue weighted by Gasteiger charge is 2.32. The molecule has 4 nitrogen and oxygen atoms in total. The lowest BCUT2D eigenvalue weighted by molar-refractivity contribution is -0.147. The number of halogens is 3. The van der Waals surface area contributed by atoms with Crippen molar-refractivity contribution in [1.29, 1.82) is 0 Å². The largest absolute Gasteiger partial charge is 0.416 e. The summed E-state index contributed by atoms with van der Waals surface area (Å²) in [5.41, 5.74) is -0.165. The molecule has 0 bridgehead atoms. The summed E-state index contributed by atoms with van der Waals surface area (Å²) in [6, 6.07) is 12.6. The number of ether oxygens (including phenoxy) is 2. The number of rotatable bonds is 6. The van der Waals surface area contributed by atoms with Crippen LogP contribution in [0.25, 0.3) is 0 Å². The van der Waals surface area contributed by atoms with Gasteiger partial charge in [0, 0.05) is 12.7 Å². The van der Waals surface area contributed by atoms with Crippen molar-refractivity contribution in [2.45, 2.75) is 18.4 Å². The van der Waals surface area contributed by atoms with Crippen LogP contribution in [0.4, 0.5) is 13.2 Å². The van der Waals surface area contributed by atoms with Crippen molar-refractivity contribution in [1.82, 2.24) is 0 Å². The van der Waals surface area contributed by atoms with Crippen molar-refractivity contribution < 1.29 is 32.5 Å². The fourth-order valence-corrected chi connectivity index (χ4v) is 2.22. The highest BCUT2D eigenvalue weighted by molar-refractivity contribution is 6.00. The zero-order valence-corrected chi connectivity index (χ0v) is 14.4. The van der Waals surface area contributed by atoms with Crippen LogP contribution in [0.15, 0.2) is 54.6 Å². The Morgan fingerprint density at radius 1 is 1.11 bits per heavy atom. The van der Waals surface area contributed by atoms with Gasteiger partial charge in [0.25, 0.3) is 0 Å². The fraction of sp³-hybridized carbons (Fsp3) is 0.250. The van der Waals surface area contributed by atoms with Crippen molar-refractivity contribution in [3.8, 4) is 11.8 Å². The summed E-state index contributed by atoms with van der Waals surface area (Å²) >= 11 is 0. The topological polar surface area (TPSA) is 55.8 Å². The van der Waals surface area contributed by atoms with E-state index in [1.165, 1.54) is 7.11 Å². The molecule has 0 aliphatic heterocycles. The molecule has 1 N–H and O–H groups in total. The average Bonchev–Trinajstić information content (AvgIpc) is 2.66. The number of aliphatic hydroxyl groups excluding tert-OH is 1. The molecule has 0 aliphatic carbocycles. The Bertz CT molecular complexity index is 805. The summed E-state index contributed by atoms with van der Waals surface area (Å²) in [7, 11) is 1.34. The molecule has 7 heteroatoms. The second kappa shape index (κ2) is 9.33. The van der Waals surface area contributed by atoms with E-state index in [1.54, 1.807) is 30.3 Å². The summed E-state index contributed by atoms with van der Waals surface area (Å²) in [6.45, 7) is -0.291. The predicted octanol–water partition coefficient (Wildman–Crippen LogP) is 3.35. The maximum absolute atomic E-state index is 12.7. The lowest BCUT2D eigenvalue weighted by atomic mass is 9.99. The lowest BCUT2D eigenvalue weighted by Crippen LogP contribution is -2.31. The minimum absolute atomic E-state index is 0.0963. The van der Waals surface area contributed by atoms with Crippen LogP contribution in [0.1, 0.15) is 22.8 Å². The zero-order valence-electron chi connectivity index (χ0n) is 14.4. The third kappa shape index (κ3) is 5.93. The molecule has 0 aromatic heterocycles. The minimum Gasteiger partial charge on any atom is -0.385 e. The van der Waals surface area contributed by atoms with Gasteiger partial charge in [0.2, 0.25) is 5.78 Å². The lowest BCUT2D eigenvalue weighted by Gasteiger charge is -2.20. The molecule has 0 saturated heterocycles. The molecule has 0 aliphatic rings. The number of carbonyl (C=O) groups is 1. The van der Waals surface area contributed by atoms with E-state index >= 15 is 0 Å². The molecule has 27 heavy (non-hydrogen) atoms. The van der Waals surface area contributed by atoms with E-state index in [-0.39, 0.29) is 12.4 Å². The number of Topliss-reactive ketones (excluding diaryl/α,β-unsaturated/α-hetero) is 1. The molecule has 0 saturated carbocycles. The van der Waals surface area contributed by atoms with Gasteiger partial charge in [-0.2, -0.15) is 13.2 Å². The summed E-state index contributed by atoms with van der Waals surface area (Å²) < 4.78 is 47.9. The third-order valence-corrected chi connectivity index (χ3v) is 3.59. The van der Waals surface area contributed by atoms with Gasteiger partial charge < -0.3 is 14.6 Å². The molecule has 0 heterocycles. The Labute approximate surface area is 154 Å². The van der Waals surface area contributed by atoms with Gasteiger partial charge in [0.1, 0.15) is 12.9 Å². The van der Waals surface area contributed by atoms with Crippen LogP contribution in [-0.2, 0) is 20.4 Å². The molecule has 0 radical (unpaired) electrons. The van der Waals surface area contributed by atoms with Gasteiger partial charge in [-0.25, -0.2) is 0 Å². The van der Waals surface area contributed by atoms with E-state index in [9.17, 15) is 23.1 Å². The molecule has 2 atom stereocenters. The number of carbonyl (C=O) groups excluding carboxylic acids is 1. The Balaban J connectivity index is 2.21. The maximum atomic E-state index is 12.7. The van der Waals surface area contributed by atoms with Crippen LogP contribution in [0.2, 0.25) is 0 Å². The second-order valence-corrected chi connectivity index (χ2v) is 5.54. The Morgan fingerprint density at radius 3 is 2.30 bits per heavy atom. The molecule has 0 spiro atoms. The number of methoxy groups -OCH3 is 1. The van der Waals surface area contributed by atoms with Crippen LogP contribution in [0.5, 0.6) is 0 Å². The minimum atomic E-state index is -4.49. The first kappa shape index (κ1) is 20.6. The first-order valence-corrected chi connectivity index (χ1v) is 7.89. The highest BCUT2D eigenvalue weighted by atomic mass is 19.4. The van der Waals surface area contributed by atoms with Gasteiger partial charge in [0.15, 0.2) is 6.10 Å². The number of ketones is 1. The van der Waals surface area contributed by atoms with Gasteiger partial charge >= 0.3 is 6.18 Å². The summed E-state index contributed by atoms with van der Waals surface area (Å²) in [5, 5.41) is 10.4. The standard InChI is InChI=1S/C20H17F3O4/c1-26-13-27-19(17(24)12-7-14-5-3-2-4-6-14)18(25)15-8-10-16(11-9-15)20(21,22)23/h2-6,8-11,18-19,25H,13H2,1H3/t18-,19+/m0/s1. The monoisotopic (exact) mass is 378 g/mol. The van der Waals surface area contributed by atoms with Crippen molar-refractivity contribution in [3.63, 3.8) is 0 Å². The molecule has 0 amide bonds. The number of hydrogen-bond acceptors (Lipinski definition) is 4. The first-order valence-electron chi connectivity index (χ1n) is 7.89. The van der Waals surface area contributed by atoms with Crippen LogP contribution >= 0.6 is 0 Å². The first-order chi connectivity index (χ1) is 12.8. The van der Waals surface area contributed by atoms with Gasteiger partial charge in [-0.15, -0.1) is 0 Å². The quantitative estimate of drug-likeness (QED) is 0.619. The Morgan fingerprint density at radius 2 is 1.74 bits per heavy atom. The maximum Gasteiger partial charge on any atom is 0.416 e. The van der Waals surface area contributed by atoms with Crippen LogP contribution in [0, 0.1) is 11.8 Å². The summed E-state index contributed by atoms with van der Waals surface area (Å²) in [6.07, 6.45) is -7.40. The molecular weight excluding hydrogens is 361 g/mol. The molecule has 0 unspecified atom stereocenters. The van der Waals surface area contributed by atoms with Gasteiger partial charge in [-0.05, 0) is 35.7 Å². The average molecular weight is 378 g/mol. The number of benzene rings is 2. The summed E-state index contributed by atoms with van der Waals surface area (Å²) in [4.78, 5) is 12.4. The molecular formula is C20H17F3O4. The van der Waals surface area contributed by atoms with Crippen LogP contribution in [-0.4, -0.2) is 30.9 Å². The van der Waals surface area contributed by atoms with E-state index < -0.39 is 29.7 Å². The molecule has 0 fully saturated rings. The van der Waals surface area contributed by atoms with Crippen molar-refractivity contribution in [3.05, 3.63) is 71.3 Å². The highest BCUT2D eigenvalue weighted by Crippen LogP contribution is 2.30. The third-order valence-electron chi connectivity index (χ3n) is 3.59. The molecule has 2 rings (SSSR count). The SMILES string of the molecule is COCO[C@H](C(=O)C#Cc1ccccc1)[C@@H](O)c1ccc(C(F)(F)F)cc1. The molecule has 2 aromatic rings.